The molecule has 2 aromatic heterocycles. The van der Waals surface area contributed by atoms with Crippen LogP contribution in [-0.2, 0) is 22.6 Å². The number of rotatable bonds is 6. The molecule has 4 heterocycles. The average Bonchev–Trinajstić information content (AvgIpc) is 3.36. The van der Waals surface area contributed by atoms with Crippen molar-refractivity contribution in [2.24, 2.45) is 0 Å². The fourth-order valence-corrected chi connectivity index (χ4v) is 4.36. The lowest BCUT2D eigenvalue weighted by Crippen LogP contribution is -2.40. The summed E-state index contributed by atoms with van der Waals surface area (Å²) in [6, 6.07) is 2.18. The molecule has 0 N–H and O–H groups in total. The van der Waals surface area contributed by atoms with Crippen LogP contribution in [0.2, 0.25) is 0 Å². The van der Waals surface area contributed by atoms with Gasteiger partial charge in [0, 0.05) is 44.3 Å². The first-order chi connectivity index (χ1) is 12.7. The number of carbonyl (C=O) groups excluding carboxylic acids is 1. The number of amides is 1. The van der Waals surface area contributed by atoms with Gasteiger partial charge in [0.1, 0.15) is 6.61 Å². The molecule has 2 aliphatic rings. The van der Waals surface area contributed by atoms with Gasteiger partial charge in [-0.25, -0.2) is 4.98 Å². The standard InChI is InChI=1S/C18H25N5O2S/c1-14-20-15(13-26-14)8-21-9-16-4-5-19-23(16)17(10-21)11-25-12-18(24)22-6-2-3-7-22/h4-5,13,17H,2-3,6-12H2,1H3/t17-/m0/s1. The number of hydrogen-bond donors (Lipinski definition) is 0. The summed E-state index contributed by atoms with van der Waals surface area (Å²) in [5.74, 6) is 0.105. The second-order valence-corrected chi connectivity index (χ2v) is 8.11. The zero-order chi connectivity index (χ0) is 17.9. The van der Waals surface area contributed by atoms with Gasteiger partial charge in [-0.2, -0.15) is 5.10 Å². The number of hydrogen-bond acceptors (Lipinski definition) is 6. The molecular weight excluding hydrogens is 350 g/mol. The first-order valence-electron chi connectivity index (χ1n) is 9.20. The van der Waals surface area contributed by atoms with E-state index in [-0.39, 0.29) is 18.6 Å². The maximum atomic E-state index is 12.2. The van der Waals surface area contributed by atoms with E-state index >= 15 is 0 Å². The van der Waals surface area contributed by atoms with Crippen LogP contribution in [0.25, 0.3) is 0 Å². The van der Waals surface area contributed by atoms with Gasteiger partial charge in [-0.05, 0) is 25.8 Å². The van der Waals surface area contributed by atoms with Crippen LogP contribution in [0.1, 0.15) is 35.3 Å². The molecule has 0 spiro atoms. The minimum absolute atomic E-state index is 0.105. The van der Waals surface area contributed by atoms with E-state index in [9.17, 15) is 4.79 Å². The molecule has 26 heavy (non-hydrogen) atoms. The number of carbonyl (C=O) groups is 1. The van der Waals surface area contributed by atoms with Crippen LogP contribution < -0.4 is 0 Å². The van der Waals surface area contributed by atoms with E-state index in [1.54, 1.807) is 11.3 Å². The molecule has 1 amide bonds. The molecule has 1 fully saturated rings. The SMILES string of the molecule is Cc1nc(CN2Cc3ccnn3[C@H](COCC(=O)N3CCCC3)C2)cs1. The van der Waals surface area contributed by atoms with Crippen molar-refractivity contribution in [2.75, 3.05) is 32.8 Å². The van der Waals surface area contributed by atoms with Gasteiger partial charge >= 0.3 is 0 Å². The third kappa shape index (κ3) is 3.97. The van der Waals surface area contributed by atoms with E-state index in [4.69, 9.17) is 4.74 Å². The zero-order valence-corrected chi connectivity index (χ0v) is 16.0. The topological polar surface area (TPSA) is 63.5 Å². The van der Waals surface area contributed by atoms with Gasteiger partial charge in [-0.15, -0.1) is 11.3 Å². The Balaban J connectivity index is 1.34. The van der Waals surface area contributed by atoms with E-state index in [2.05, 4.69) is 26.4 Å². The highest BCUT2D eigenvalue weighted by atomic mass is 32.1. The molecule has 8 heteroatoms. The molecule has 0 radical (unpaired) electrons. The minimum Gasteiger partial charge on any atom is -0.369 e. The van der Waals surface area contributed by atoms with Gasteiger partial charge in [0.15, 0.2) is 0 Å². The number of fused-ring (bicyclic) bond motifs is 1. The van der Waals surface area contributed by atoms with Crippen molar-refractivity contribution in [3.05, 3.63) is 34.0 Å². The molecule has 0 aromatic carbocycles. The highest BCUT2D eigenvalue weighted by molar-refractivity contribution is 7.09. The average molecular weight is 375 g/mol. The van der Waals surface area contributed by atoms with Crippen LogP contribution in [0.3, 0.4) is 0 Å². The van der Waals surface area contributed by atoms with Crippen LogP contribution in [0.4, 0.5) is 0 Å². The largest absolute Gasteiger partial charge is 0.369 e. The van der Waals surface area contributed by atoms with Crippen molar-refractivity contribution in [3.8, 4) is 0 Å². The Morgan fingerprint density at radius 3 is 3.00 bits per heavy atom. The van der Waals surface area contributed by atoms with Gasteiger partial charge in [0.2, 0.25) is 5.91 Å². The summed E-state index contributed by atoms with van der Waals surface area (Å²) in [4.78, 5) is 21.0. The van der Waals surface area contributed by atoms with Crippen LogP contribution in [0.5, 0.6) is 0 Å². The Hall–Kier alpha value is -1.77. The lowest BCUT2D eigenvalue weighted by atomic mass is 10.2. The van der Waals surface area contributed by atoms with Gasteiger partial charge in [-0.3, -0.25) is 14.4 Å². The number of aromatic nitrogens is 3. The molecule has 4 rings (SSSR count). The number of ether oxygens (including phenoxy) is 1. The monoisotopic (exact) mass is 375 g/mol. The lowest BCUT2D eigenvalue weighted by Gasteiger charge is -2.33. The highest BCUT2D eigenvalue weighted by Crippen LogP contribution is 2.23. The van der Waals surface area contributed by atoms with Crippen molar-refractivity contribution in [3.63, 3.8) is 0 Å². The van der Waals surface area contributed by atoms with Gasteiger partial charge in [-0.1, -0.05) is 0 Å². The van der Waals surface area contributed by atoms with Gasteiger partial charge < -0.3 is 9.64 Å². The summed E-state index contributed by atoms with van der Waals surface area (Å²) in [5, 5.41) is 7.69. The first kappa shape index (κ1) is 17.6. The second kappa shape index (κ2) is 7.85. The molecule has 2 aromatic rings. The van der Waals surface area contributed by atoms with Gasteiger partial charge in [0.05, 0.1) is 29.0 Å². The Kier molecular flexibility index (Phi) is 5.33. The molecule has 0 aliphatic carbocycles. The fraction of sp³-hybridized carbons (Fsp3) is 0.611. The summed E-state index contributed by atoms with van der Waals surface area (Å²) in [6.45, 7) is 6.99. The second-order valence-electron chi connectivity index (χ2n) is 7.05. The lowest BCUT2D eigenvalue weighted by molar-refractivity contribution is -0.135. The highest BCUT2D eigenvalue weighted by Gasteiger charge is 2.27. The maximum absolute atomic E-state index is 12.2. The number of aryl methyl sites for hydroxylation is 1. The van der Waals surface area contributed by atoms with Crippen molar-refractivity contribution in [1.82, 2.24) is 24.6 Å². The van der Waals surface area contributed by atoms with Crippen LogP contribution in [0, 0.1) is 6.92 Å². The number of thiazole rings is 1. The Labute approximate surface area is 157 Å². The first-order valence-corrected chi connectivity index (χ1v) is 10.1. The number of likely N-dealkylation sites (tertiary alicyclic amines) is 1. The van der Waals surface area contributed by atoms with E-state index in [0.717, 1.165) is 56.3 Å². The summed E-state index contributed by atoms with van der Waals surface area (Å²) >= 11 is 1.69. The van der Waals surface area contributed by atoms with Crippen LogP contribution in [0.15, 0.2) is 17.6 Å². The van der Waals surface area contributed by atoms with Crippen LogP contribution >= 0.6 is 11.3 Å². The molecule has 0 saturated carbocycles. The normalized spacial score (nSPS) is 20.5. The van der Waals surface area contributed by atoms with Crippen LogP contribution in [-0.4, -0.2) is 63.3 Å². The predicted octanol–water partition coefficient (Wildman–Crippen LogP) is 1.84. The molecule has 0 bridgehead atoms. The van der Waals surface area contributed by atoms with Crippen molar-refractivity contribution >= 4 is 17.2 Å². The molecule has 1 saturated heterocycles. The van der Waals surface area contributed by atoms with E-state index in [0.29, 0.717) is 6.61 Å². The Bertz CT molecular complexity index is 752. The van der Waals surface area contributed by atoms with Gasteiger partial charge in [0.25, 0.3) is 0 Å². The summed E-state index contributed by atoms with van der Waals surface area (Å²) in [6.07, 6.45) is 4.06. The summed E-state index contributed by atoms with van der Waals surface area (Å²) in [5.41, 5.74) is 2.30. The predicted molar refractivity (Wildman–Crippen MR) is 98.9 cm³/mol. The molecular formula is C18H25N5O2S. The number of nitrogens with zero attached hydrogens (tertiary/aromatic N) is 5. The van der Waals surface area contributed by atoms with E-state index < -0.39 is 0 Å². The third-order valence-corrected chi connectivity index (χ3v) is 5.82. The van der Waals surface area contributed by atoms with E-state index in [1.165, 1.54) is 5.69 Å². The smallest absolute Gasteiger partial charge is 0.248 e. The molecule has 1 atom stereocenters. The summed E-state index contributed by atoms with van der Waals surface area (Å²) < 4.78 is 7.83. The molecule has 0 unspecified atom stereocenters. The third-order valence-electron chi connectivity index (χ3n) is 5.00. The zero-order valence-electron chi connectivity index (χ0n) is 15.1. The maximum Gasteiger partial charge on any atom is 0.248 e. The minimum atomic E-state index is 0.105. The van der Waals surface area contributed by atoms with E-state index in [1.807, 2.05) is 22.7 Å². The van der Waals surface area contributed by atoms with Crippen molar-refractivity contribution in [1.29, 1.82) is 0 Å². The van der Waals surface area contributed by atoms with Crippen molar-refractivity contribution < 1.29 is 9.53 Å². The molecule has 2 aliphatic heterocycles. The molecule has 7 nitrogen and oxygen atoms in total. The fourth-order valence-electron chi connectivity index (χ4n) is 3.76. The Morgan fingerprint density at radius 1 is 1.38 bits per heavy atom. The molecule has 140 valence electrons. The van der Waals surface area contributed by atoms with Crippen molar-refractivity contribution in [2.45, 2.75) is 38.9 Å². The summed E-state index contributed by atoms with van der Waals surface area (Å²) in [7, 11) is 0. The Morgan fingerprint density at radius 2 is 2.23 bits per heavy atom. The quantitative estimate of drug-likeness (QED) is 0.771.